The minimum Gasteiger partial charge on any atom is -0.366 e. The number of nitrogens with zero attached hydrogens (tertiary/aromatic N) is 2. The molecule has 2 N–H and O–H groups in total. The number of hydrogen-bond donors (Lipinski definition) is 2. The molecule has 6 heteroatoms. The first kappa shape index (κ1) is 16.2. The Morgan fingerprint density at radius 3 is 2.77 bits per heavy atom. The molecule has 0 aliphatic rings. The fourth-order valence-corrected chi connectivity index (χ4v) is 2.88. The Labute approximate surface area is 148 Å². The minimum absolute atomic E-state index is 0.171. The Balaban J connectivity index is 1.44. The number of aromatic nitrogens is 3. The third-order valence-corrected chi connectivity index (χ3v) is 4.22. The van der Waals surface area contributed by atoms with Crippen molar-refractivity contribution in [2.45, 2.75) is 13.0 Å². The standard InChI is InChI=1S/C20H16F2N4/c21-16-4-5-18(22)15(9-16)12-25-19-6-3-13(10-24-19)8-14-11-26-20-17(14)2-1-7-23-20/h1-7,9-11H,8,12H2,(H,23,26)(H,24,25). The molecule has 0 radical (unpaired) electrons. The number of fused-ring (bicyclic) bond motifs is 1. The maximum Gasteiger partial charge on any atom is 0.137 e. The van der Waals surface area contributed by atoms with Crippen LogP contribution >= 0.6 is 0 Å². The van der Waals surface area contributed by atoms with Crippen molar-refractivity contribution in [2.75, 3.05) is 5.32 Å². The number of anilines is 1. The van der Waals surface area contributed by atoms with Gasteiger partial charge in [-0.15, -0.1) is 0 Å². The SMILES string of the molecule is Fc1ccc(F)c(CNc2ccc(Cc3c[nH]c4ncccc34)cn2)c1. The second-order valence-corrected chi connectivity index (χ2v) is 6.03. The van der Waals surface area contributed by atoms with E-state index in [2.05, 4.69) is 20.3 Å². The van der Waals surface area contributed by atoms with E-state index < -0.39 is 11.6 Å². The number of nitrogens with one attached hydrogen (secondary N) is 2. The molecule has 0 saturated heterocycles. The van der Waals surface area contributed by atoms with Crippen molar-refractivity contribution >= 4 is 16.9 Å². The first-order chi connectivity index (χ1) is 12.7. The van der Waals surface area contributed by atoms with Gasteiger partial charge in [0.05, 0.1) is 0 Å². The maximum absolute atomic E-state index is 13.6. The molecule has 0 atom stereocenters. The lowest BCUT2D eigenvalue weighted by atomic mass is 10.1. The van der Waals surface area contributed by atoms with Crippen LogP contribution in [0.3, 0.4) is 0 Å². The number of halogens is 2. The van der Waals surface area contributed by atoms with Crippen LogP contribution in [0.4, 0.5) is 14.6 Å². The Morgan fingerprint density at radius 2 is 1.92 bits per heavy atom. The fraction of sp³-hybridized carbons (Fsp3) is 0.100. The van der Waals surface area contributed by atoms with Gasteiger partial charge in [0.2, 0.25) is 0 Å². The van der Waals surface area contributed by atoms with Gasteiger partial charge in [-0.2, -0.15) is 0 Å². The predicted molar refractivity (Wildman–Crippen MR) is 96.8 cm³/mol. The first-order valence-electron chi connectivity index (χ1n) is 8.23. The lowest BCUT2D eigenvalue weighted by molar-refractivity contribution is 0.587. The summed E-state index contributed by atoms with van der Waals surface area (Å²) < 4.78 is 26.8. The molecule has 0 spiro atoms. The van der Waals surface area contributed by atoms with Crippen LogP contribution in [0.5, 0.6) is 0 Å². The van der Waals surface area contributed by atoms with Crippen LogP contribution in [0.25, 0.3) is 11.0 Å². The molecule has 0 saturated carbocycles. The average molecular weight is 350 g/mol. The van der Waals surface area contributed by atoms with E-state index in [1.807, 2.05) is 30.5 Å². The quantitative estimate of drug-likeness (QED) is 0.559. The lowest BCUT2D eigenvalue weighted by Crippen LogP contribution is -2.04. The van der Waals surface area contributed by atoms with Gasteiger partial charge in [0.15, 0.2) is 0 Å². The molecule has 1 aromatic carbocycles. The molecule has 130 valence electrons. The molecule has 0 amide bonds. The summed E-state index contributed by atoms with van der Waals surface area (Å²) in [6, 6.07) is 11.2. The van der Waals surface area contributed by atoms with E-state index in [0.29, 0.717) is 5.82 Å². The first-order valence-corrected chi connectivity index (χ1v) is 8.23. The normalized spacial score (nSPS) is 11.0. The number of rotatable bonds is 5. The van der Waals surface area contributed by atoms with Gasteiger partial charge >= 0.3 is 0 Å². The molecule has 0 aliphatic carbocycles. The molecule has 4 rings (SSSR count). The third kappa shape index (κ3) is 3.39. The second kappa shape index (κ2) is 6.92. The summed E-state index contributed by atoms with van der Waals surface area (Å²) in [5, 5.41) is 4.10. The van der Waals surface area contributed by atoms with Crippen LogP contribution < -0.4 is 5.32 Å². The summed E-state index contributed by atoms with van der Waals surface area (Å²) in [6.07, 6.45) is 6.22. The summed E-state index contributed by atoms with van der Waals surface area (Å²) in [5.74, 6) is -0.291. The number of hydrogen-bond acceptors (Lipinski definition) is 3. The second-order valence-electron chi connectivity index (χ2n) is 6.03. The van der Waals surface area contributed by atoms with E-state index in [0.717, 1.165) is 40.7 Å². The highest BCUT2D eigenvalue weighted by Gasteiger charge is 2.07. The highest BCUT2D eigenvalue weighted by molar-refractivity contribution is 5.79. The van der Waals surface area contributed by atoms with Crippen molar-refractivity contribution in [1.29, 1.82) is 0 Å². The van der Waals surface area contributed by atoms with Crippen molar-refractivity contribution < 1.29 is 8.78 Å². The number of pyridine rings is 2. The van der Waals surface area contributed by atoms with Crippen molar-refractivity contribution in [3.63, 3.8) is 0 Å². The van der Waals surface area contributed by atoms with E-state index in [9.17, 15) is 8.78 Å². The van der Waals surface area contributed by atoms with Gasteiger partial charge in [-0.25, -0.2) is 18.7 Å². The van der Waals surface area contributed by atoms with Crippen molar-refractivity contribution in [1.82, 2.24) is 15.0 Å². The van der Waals surface area contributed by atoms with Crippen molar-refractivity contribution in [3.8, 4) is 0 Å². The molecular weight excluding hydrogens is 334 g/mol. The van der Waals surface area contributed by atoms with E-state index in [-0.39, 0.29) is 12.1 Å². The maximum atomic E-state index is 13.6. The van der Waals surface area contributed by atoms with Crippen LogP contribution in [0.2, 0.25) is 0 Å². The van der Waals surface area contributed by atoms with Gasteiger partial charge in [0.1, 0.15) is 23.1 Å². The van der Waals surface area contributed by atoms with Crippen LogP contribution in [0, 0.1) is 11.6 Å². The van der Waals surface area contributed by atoms with Gasteiger partial charge in [0.25, 0.3) is 0 Å². The predicted octanol–water partition coefficient (Wildman–Crippen LogP) is 4.44. The summed E-state index contributed by atoms with van der Waals surface area (Å²) >= 11 is 0. The Morgan fingerprint density at radius 1 is 1.00 bits per heavy atom. The van der Waals surface area contributed by atoms with E-state index >= 15 is 0 Å². The van der Waals surface area contributed by atoms with Gasteiger partial charge in [0, 0.05) is 42.5 Å². The van der Waals surface area contributed by atoms with Crippen LogP contribution in [-0.2, 0) is 13.0 Å². The molecule has 4 aromatic rings. The molecule has 3 aromatic heterocycles. The molecular formula is C20H16F2N4. The molecule has 0 fully saturated rings. The third-order valence-electron chi connectivity index (χ3n) is 4.22. The van der Waals surface area contributed by atoms with Gasteiger partial charge < -0.3 is 10.3 Å². The summed E-state index contributed by atoms with van der Waals surface area (Å²) in [4.78, 5) is 11.8. The molecule has 0 unspecified atom stereocenters. The zero-order valence-corrected chi connectivity index (χ0v) is 13.8. The van der Waals surface area contributed by atoms with E-state index in [4.69, 9.17) is 0 Å². The van der Waals surface area contributed by atoms with Gasteiger partial charge in [-0.3, -0.25) is 0 Å². The van der Waals surface area contributed by atoms with Gasteiger partial charge in [-0.05, 0) is 47.5 Å². The summed E-state index contributed by atoms with van der Waals surface area (Å²) in [7, 11) is 0. The average Bonchev–Trinajstić information content (AvgIpc) is 3.07. The Hall–Kier alpha value is -3.28. The minimum atomic E-state index is -0.459. The van der Waals surface area contributed by atoms with Gasteiger partial charge in [-0.1, -0.05) is 6.07 Å². The topological polar surface area (TPSA) is 53.6 Å². The summed E-state index contributed by atoms with van der Waals surface area (Å²) in [6.45, 7) is 0.171. The zero-order valence-electron chi connectivity index (χ0n) is 13.8. The molecule has 0 aliphatic heterocycles. The highest BCUT2D eigenvalue weighted by Crippen LogP contribution is 2.20. The van der Waals surface area contributed by atoms with Crippen LogP contribution in [-0.4, -0.2) is 15.0 Å². The lowest BCUT2D eigenvalue weighted by Gasteiger charge is -2.08. The largest absolute Gasteiger partial charge is 0.366 e. The molecule has 0 bridgehead atoms. The smallest absolute Gasteiger partial charge is 0.137 e. The molecule has 26 heavy (non-hydrogen) atoms. The van der Waals surface area contributed by atoms with E-state index in [1.54, 1.807) is 12.4 Å². The number of aromatic amines is 1. The number of H-pyrrole nitrogens is 1. The molecule has 3 heterocycles. The number of benzene rings is 1. The summed E-state index contributed by atoms with van der Waals surface area (Å²) in [5.41, 5.74) is 3.34. The van der Waals surface area contributed by atoms with Crippen LogP contribution in [0.1, 0.15) is 16.7 Å². The van der Waals surface area contributed by atoms with Crippen molar-refractivity contribution in [3.05, 3.63) is 89.4 Å². The van der Waals surface area contributed by atoms with Crippen LogP contribution in [0.15, 0.2) is 61.1 Å². The Bertz CT molecular complexity index is 1040. The monoisotopic (exact) mass is 350 g/mol. The fourth-order valence-electron chi connectivity index (χ4n) is 2.88. The molecule has 4 nitrogen and oxygen atoms in total. The highest BCUT2D eigenvalue weighted by atomic mass is 19.1. The van der Waals surface area contributed by atoms with Crippen molar-refractivity contribution in [2.24, 2.45) is 0 Å². The Kier molecular flexibility index (Phi) is 4.31. The zero-order chi connectivity index (χ0) is 17.9. The van der Waals surface area contributed by atoms with E-state index in [1.165, 1.54) is 6.07 Å².